The first-order valence-corrected chi connectivity index (χ1v) is 7.11. The Morgan fingerprint density at radius 2 is 2.06 bits per heavy atom. The molecule has 1 aromatic carbocycles. The predicted molar refractivity (Wildman–Crippen MR) is 81.7 cm³/mol. The first kappa shape index (κ1) is 12.6. The van der Waals surface area contributed by atoms with E-state index in [4.69, 9.17) is 12.2 Å². The zero-order valence-electron chi connectivity index (χ0n) is 9.93. The molecule has 0 heterocycles. The number of rotatable bonds is 3. The normalized spacial score (nSPS) is 22.6. The van der Waals surface area contributed by atoms with Crippen molar-refractivity contribution in [3.05, 3.63) is 60.2 Å². The fourth-order valence-electron chi connectivity index (χ4n) is 1.87. The molecule has 1 atom stereocenters. The van der Waals surface area contributed by atoms with Gasteiger partial charge in [-0.15, -0.1) is 11.8 Å². The Labute approximate surface area is 113 Å². The van der Waals surface area contributed by atoms with E-state index in [-0.39, 0.29) is 4.75 Å². The Bertz CT molecular complexity index is 445. The van der Waals surface area contributed by atoms with E-state index in [0.29, 0.717) is 0 Å². The van der Waals surface area contributed by atoms with Gasteiger partial charge in [0.25, 0.3) is 0 Å². The van der Waals surface area contributed by atoms with Gasteiger partial charge < -0.3 is 0 Å². The SMILES string of the molecule is CCC1(SC(=S)c2ccccc2)C=CC=CC1. The van der Waals surface area contributed by atoms with Gasteiger partial charge in [-0.2, -0.15) is 0 Å². The maximum absolute atomic E-state index is 5.54. The van der Waals surface area contributed by atoms with Crippen molar-refractivity contribution in [3.63, 3.8) is 0 Å². The Kier molecular flexibility index (Phi) is 4.19. The van der Waals surface area contributed by atoms with E-state index in [9.17, 15) is 0 Å². The van der Waals surface area contributed by atoms with E-state index in [1.54, 1.807) is 0 Å². The molecule has 0 spiro atoms. The average molecular weight is 260 g/mol. The summed E-state index contributed by atoms with van der Waals surface area (Å²) in [6, 6.07) is 10.3. The third-order valence-corrected chi connectivity index (χ3v) is 4.92. The van der Waals surface area contributed by atoms with Crippen LogP contribution in [0.5, 0.6) is 0 Å². The van der Waals surface area contributed by atoms with E-state index in [1.165, 1.54) is 0 Å². The molecule has 0 fully saturated rings. The highest BCUT2D eigenvalue weighted by Crippen LogP contribution is 2.38. The number of benzene rings is 1. The smallest absolute Gasteiger partial charge is 0.0786 e. The molecule has 0 N–H and O–H groups in total. The molecule has 17 heavy (non-hydrogen) atoms. The zero-order chi connectivity index (χ0) is 12.1. The molecule has 0 aliphatic heterocycles. The quantitative estimate of drug-likeness (QED) is 0.719. The molecule has 0 saturated carbocycles. The maximum Gasteiger partial charge on any atom is 0.0786 e. The second-order valence-electron chi connectivity index (χ2n) is 4.17. The van der Waals surface area contributed by atoms with Gasteiger partial charge in [0.15, 0.2) is 0 Å². The summed E-state index contributed by atoms with van der Waals surface area (Å²) >= 11 is 7.36. The van der Waals surface area contributed by atoms with Crippen LogP contribution in [0.3, 0.4) is 0 Å². The molecule has 0 nitrogen and oxygen atoms in total. The number of thioether (sulfide) groups is 1. The maximum atomic E-state index is 5.54. The van der Waals surface area contributed by atoms with Gasteiger partial charge in [0, 0.05) is 4.75 Å². The molecule has 88 valence electrons. The van der Waals surface area contributed by atoms with Gasteiger partial charge in [0.1, 0.15) is 0 Å². The van der Waals surface area contributed by atoms with Crippen LogP contribution in [0.4, 0.5) is 0 Å². The van der Waals surface area contributed by atoms with Crippen molar-refractivity contribution in [3.8, 4) is 0 Å². The van der Waals surface area contributed by atoms with E-state index < -0.39 is 0 Å². The molecule has 0 saturated heterocycles. The molecular weight excluding hydrogens is 244 g/mol. The fraction of sp³-hybridized carbons (Fsp3) is 0.267. The molecule has 2 heteroatoms. The minimum Gasteiger partial charge on any atom is -0.103 e. The zero-order valence-corrected chi connectivity index (χ0v) is 11.6. The number of hydrogen-bond acceptors (Lipinski definition) is 2. The van der Waals surface area contributed by atoms with Crippen LogP contribution < -0.4 is 0 Å². The lowest BCUT2D eigenvalue weighted by atomic mass is 9.97. The summed E-state index contributed by atoms with van der Waals surface area (Å²) in [5, 5.41) is 0. The molecule has 1 aromatic rings. The van der Waals surface area contributed by atoms with E-state index in [2.05, 4.69) is 43.4 Å². The monoisotopic (exact) mass is 260 g/mol. The first-order chi connectivity index (χ1) is 8.26. The Morgan fingerprint density at radius 1 is 1.29 bits per heavy atom. The van der Waals surface area contributed by atoms with Crippen LogP contribution in [0, 0.1) is 0 Å². The Hall–Kier alpha value is -0.860. The van der Waals surface area contributed by atoms with Crippen LogP contribution in [-0.4, -0.2) is 8.94 Å². The van der Waals surface area contributed by atoms with Crippen molar-refractivity contribution in [2.45, 2.75) is 24.5 Å². The number of hydrogen-bond donors (Lipinski definition) is 0. The van der Waals surface area contributed by atoms with E-state index >= 15 is 0 Å². The Balaban J connectivity index is 2.12. The summed E-state index contributed by atoms with van der Waals surface area (Å²) in [5.41, 5.74) is 1.16. The second kappa shape index (κ2) is 5.65. The van der Waals surface area contributed by atoms with Crippen LogP contribution >= 0.6 is 24.0 Å². The predicted octanol–water partition coefficient (Wildman–Crippen LogP) is 4.76. The molecule has 0 aromatic heterocycles. The van der Waals surface area contributed by atoms with Gasteiger partial charge in [-0.3, -0.25) is 0 Å². The summed E-state index contributed by atoms with van der Waals surface area (Å²) in [5.74, 6) is 0. The standard InChI is InChI=1S/C15H16S2/c1-2-15(11-7-4-8-12-15)17-14(16)13-9-5-3-6-10-13/h3-11H,2,12H2,1H3. The lowest BCUT2D eigenvalue weighted by molar-refractivity contribution is 0.692. The molecule has 0 bridgehead atoms. The van der Waals surface area contributed by atoms with Gasteiger partial charge in [-0.1, -0.05) is 73.8 Å². The highest BCUT2D eigenvalue weighted by molar-refractivity contribution is 8.24. The highest BCUT2D eigenvalue weighted by Gasteiger charge is 2.27. The second-order valence-corrected chi connectivity index (χ2v) is 6.26. The first-order valence-electron chi connectivity index (χ1n) is 5.88. The number of allylic oxidation sites excluding steroid dienone is 3. The van der Waals surface area contributed by atoms with Crippen molar-refractivity contribution in [1.82, 2.24) is 0 Å². The van der Waals surface area contributed by atoms with Crippen LogP contribution in [0.15, 0.2) is 54.6 Å². The molecular formula is C15H16S2. The highest BCUT2D eigenvalue weighted by atomic mass is 32.2. The fourth-order valence-corrected chi connectivity index (χ4v) is 3.60. The van der Waals surface area contributed by atoms with E-state index in [0.717, 1.165) is 22.6 Å². The van der Waals surface area contributed by atoms with Gasteiger partial charge in [-0.25, -0.2) is 0 Å². The largest absolute Gasteiger partial charge is 0.103 e. The molecule has 0 radical (unpaired) electrons. The average Bonchev–Trinajstić information content (AvgIpc) is 2.41. The van der Waals surface area contributed by atoms with Gasteiger partial charge in [-0.05, 0) is 18.4 Å². The lowest BCUT2D eigenvalue weighted by Crippen LogP contribution is -2.23. The summed E-state index contributed by atoms with van der Waals surface area (Å²) in [6.45, 7) is 2.23. The van der Waals surface area contributed by atoms with Crippen molar-refractivity contribution in [1.29, 1.82) is 0 Å². The topological polar surface area (TPSA) is 0 Å². The van der Waals surface area contributed by atoms with Crippen molar-refractivity contribution in [2.24, 2.45) is 0 Å². The van der Waals surface area contributed by atoms with Crippen LogP contribution in [-0.2, 0) is 0 Å². The van der Waals surface area contributed by atoms with E-state index in [1.807, 2.05) is 30.0 Å². The minimum atomic E-state index is 0.154. The van der Waals surface area contributed by atoms with Crippen LogP contribution in [0.25, 0.3) is 0 Å². The van der Waals surface area contributed by atoms with Gasteiger partial charge in [0.05, 0.1) is 4.20 Å². The Morgan fingerprint density at radius 3 is 2.65 bits per heavy atom. The summed E-state index contributed by atoms with van der Waals surface area (Å²) in [7, 11) is 0. The molecule has 2 rings (SSSR count). The van der Waals surface area contributed by atoms with Crippen molar-refractivity contribution in [2.75, 3.05) is 0 Å². The third kappa shape index (κ3) is 3.08. The van der Waals surface area contributed by atoms with Gasteiger partial charge in [0.2, 0.25) is 0 Å². The molecule has 1 unspecified atom stereocenters. The summed E-state index contributed by atoms with van der Waals surface area (Å²) < 4.78 is 1.15. The van der Waals surface area contributed by atoms with Crippen LogP contribution in [0.2, 0.25) is 0 Å². The molecule has 1 aliphatic rings. The van der Waals surface area contributed by atoms with Crippen molar-refractivity contribution >= 4 is 28.2 Å². The summed E-state index contributed by atoms with van der Waals surface area (Å²) in [6.07, 6.45) is 10.9. The van der Waals surface area contributed by atoms with Crippen molar-refractivity contribution < 1.29 is 0 Å². The number of thiocarbonyl (C=S) groups is 1. The molecule has 1 aliphatic carbocycles. The minimum absolute atomic E-state index is 0.154. The van der Waals surface area contributed by atoms with Crippen LogP contribution in [0.1, 0.15) is 25.3 Å². The third-order valence-electron chi connectivity index (χ3n) is 3.01. The molecule has 0 amide bonds. The lowest BCUT2D eigenvalue weighted by Gasteiger charge is -2.29. The van der Waals surface area contributed by atoms with Gasteiger partial charge >= 0.3 is 0 Å². The summed E-state index contributed by atoms with van der Waals surface area (Å²) in [4.78, 5) is 0.